The summed E-state index contributed by atoms with van der Waals surface area (Å²) in [5.41, 5.74) is 0. The second-order valence-electron chi connectivity index (χ2n) is 5.21. The average molecular weight is 307 g/mol. The molecule has 1 N–H and O–H groups in total. The van der Waals surface area contributed by atoms with Crippen LogP contribution >= 0.6 is 0 Å². The molecule has 6 heteroatoms. The van der Waals surface area contributed by atoms with E-state index in [9.17, 15) is 9.59 Å². The first-order chi connectivity index (χ1) is 10.6. The van der Waals surface area contributed by atoms with E-state index < -0.39 is 11.9 Å². The molecule has 120 valence electrons. The maximum atomic E-state index is 12.1. The van der Waals surface area contributed by atoms with Gasteiger partial charge >= 0.3 is 5.97 Å². The number of carboxylic acid groups (broad SMARTS) is 1. The molecule has 0 saturated carbocycles. The lowest BCUT2D eigenvalue weighted by atomic mass is 9.98. The van der Waals surface area contributed by atoms with E-state index in [-0.39, 0.29) is 19.1 Å². The Morgan fingerprint density at radius 3 is 2.45 bits per heavy atom. The number of hydrogen-bond acceptors (Lipinski definition) is 4. The lowest BCUT2D eigenvalue weighted by Gasteiger charge is -2.30. The Balaban J connectivity index is 1.83. The van der Waals surface area contributed by atoms with Crippen LogP contribution in [0.15, 0.2) is 24.3 Å². The summed E-state index contributed by atoms with van der Waals surface area (Å²) in [7, 11) is 0. The SMILES string of the molecule is CCOc1ccc(OCC(=O)N2CCC[C@@H](C(=O)O)C2)cc1. The minimum absolute atomic E-state index is 0.0830. The third kappa shape index (κ3) is 4.38. The first-order valence-corrected chi connectivity index (χ1v) is 7.46. The Kier molecular flexibility index (Phi) is 5.63. The molecule has 0 bridgehead atoms. The Bertz CT molecular complexity index is 514. The summed E-state index contributed by atoms with van der Waals surface area (Å²) in [5.74, 6) is -0.155. The molecule has 1 aromatic carbocycles. The van der Waals surface area contributed by atoms with Crippen LogP contribution in [0.4, 0.5) is 0 Å². The lowest BCUT2D eigenvalue weighted by molar-refractivity contribution is -0.146. The molecule has 0 radical (unpaired) electrons. The fraction of sp³-hybridized carbons (Fsp3) is 0.500. The van der Waals surface area contributed by atoms with Gasteiger partial charge in [0.2, 0.25) is 0 Å². The fourth-order valence-electron chi connectivity index (χ4n) is 2.44. The molecule has 0 aliphatic carbocycles. The van der Waals surface area contributed by atoms with Crippen molar-refractivity contribution in [3.63, 3.8) is 0 Å². The van der Waals surface area contributed by atoms with Crippen molar-refractivity contribution in [1.82, 2.24) is 4.90 Å². The first kappa shape index (κ1) is 16.1. The zero-order valence-electron chi connectivity index (χ0n) is 12.7. The second-order valence-corrected chi connectivity index (χ2v) is 5.21. The van der Waals surface area contributed by atoms with Gasteiger partial charge in [-0.25, -0.2) is 0 Å². The zero-order chi connectivity index (χ0) is 15.9. The number of hydrogen-bond donors (Lipinski definition) is 1. The van der Waals surface area contributed by atoms with Crippen LogP contribution < -0.4 is 9.47 Å². The predicted octanol–water partition coefficient (Wildman–Crippen LogP) is 1.79. The summed E-state index contributed by atoms with van der Waals surface area (Å²) in [6.07, 6.45) is 1.34. The minimum atomic E-state index is -0.843. The molecule has 6 nitrogen and oxygen atoms in total. The number of piperidine rings is 1. The first-order valence-electron chi connectivity index (χ1n) is 7.46. The maximum absolute atomic E-state index is 12.1. The van der Waals surface area contributed by atoms with Gasteiger partial charge in [-0.3, -0.25) is 9.59 Å². The van der Waals surface area contributed by atoms with E-state index in [0.717, 1.165) is 5.75 Å². The van der Waals surface area contributed by atoms with Crippen LogP contribution in [-0.4, -0.2) is 48.2 Å². The van der Waals surface area contributed by atoms with Gasteiger partial charge in [-0.15, -0.1) is 0 Å². The number of benzene rings is 1. The van der Waals surface area contributed by atoms with E-state index >= 15 is 0 Å². The van der Waals surface area contributed by atoms with Crippen LogP contribution in [0.1, 0.15) is 19.8 Å². The monoisotopic (exact) mass is 307 g/mol. The van der Waals surface area contributed by atoms with Gasteiger partial charge in [0, 0.05) is 13.1 Å². The molecule has 0 unspecified atom stereocenters. The number of nitrogens with zero attached hydrogens (tertiary/aromatic N) is 1. The smallest absolute Gasteiger partial charge is 0.308 e. The molecule has 1 aliphatic heterocycles. The van der Waals surface area contributed by atoms with Crippen LogP contribution in [0.5, 0.6) is 11.5 Å². The van der Waals surface area contributed by atoms with Crippen molar-refractivity contribution in [2.45, 2.75) is 19.8 Å². The minimum Gasteiger partial charge on any atom is -0.494 e. The van der Waals surface area contributed by atoms with Crippen molar-refractivity contribution in [3.8, 4) is 11.5 Å². The van der Waals surface area contributed by atoms with Gasteiger partial charge in [0.1, 0.15) is 11.5 Å². The Morgan fingerprint density at radius 2 is 1.86 bits per heavy atom. The second kappa shape index (κ2) is 7.68. The Hall–Kier alpha value is -2.24. The predicted molar refractivity (Wildman–Crippen MR) is 80.0 cm³/mol. The molecule has 1 amide bonds. The highest BCUT2D eigenvalue weighted by Crippen LogP contribution is 2.19. The fourth-order valence-corrected chi connectivity index (χ4v) is 2.44. The lowest BCUT2D eigenvalue weighted by Crippen LogP contribution is -2.44. The normalized spacial score (nSPS) is 17.9. The summed E-state index contributed by atoms with van der Waals surface area (Å²) in [4.78, 5) is 24.7. The number of likely N-dealkylation sites (tertiary alicyclic amines) is 1. The third-order valence-electron chi connectivity index (χ3n) is 3.62. The van der Waals surface area contributed by atoms with Gasteiger partial charge in [0.25, 0.3) is 5.91 Å². The highest BCUT2D eigenvalue weighted by atomic mass is 16.5. The highest BCUT2D eigenvalue weighted by molar-refractivity contribution is 5.79. The number of amides is 1. The van der Waals surface area contributed by atoms with E-state index in [1.54, 1.807) is 29.2 Å². The van der Waals surface area contributed by atoms with E-state index in [0.29, 0.717) is 31.7 Å². The maximum Gasteiger partial charge on any atom is 0.308 e. The largest absolute Gasteiger partial charge is 0.494 e. The Morgan fingerprint density at radius 1 is 1.23 bits per heavy atom. The molecule has 1 aliphatic rings. The number of aliphatic carboxylic acids is 1. The van der Waals surface area contributed by atoms with Crippen LogP contribution in [0.25, 0.3) is 0 Å². The number of carbonyl (C=O) groups is 2. The van der Waals surface area contributed by atoms with Gasteiger partial charge in [-0.2, -0.15) is 0 Å². The summed E-state index contributed by atoms with van der Waals surface area (Å²) < 4.78 is 10.8. The topological polar surface area (TPSA) is 76.1 Å². The van der Waals surface area contributed by atoms with Crippen molar-refractivity contribution in [1.29, 1.82) is 0 Å². The van der Waals surface area contributed by atoms with Crippen LogP contribution in [0.2, 0.25) is 0 Å². The molecule has 2 rings (SSSR count). The van der Waals surface area contributed by atoms with Crippen molar-refractivity contribution in [2.24, 2.45) is 5.92 Å². The van der Waals surface area contributed by atoms with E-state index in [1.165, 1.54) is 0 Å². The molecular weight excluding hydrogens is 286 g/mol. The molecular formula is C16H21NO5. The third-order valence-corrected chi connectivity index (χ3v) is 3.62. The molecule has 22 heavy (non-hydrogen) atoms. The van der Waals surface area contributed by atoms with Gasteiger partial charge in [-0.05, 0) is 44.0 Å². The van der Waals surface area contributed by atoms with Crippen molar-refractivity contribution < 1.29 is 24.2 Å². The molecule has 0 spiro atoms. The van der Waals surface area contributed by atoms with Crippen molar-refractivity contribution in [2.75, 3.05) is 26.3 Å². The molecule has 1 saturated heterocycles. The van der Waals surface area contributed by atoms with Crippen molar-refractivity contribution >= 4 is 11.9 Å². The zero-order valence-corrected chi connectivity index (χ0v) is 12.7. The molecule has 1 atom stereocenters. The molecule has 0 aromatic heterocycles. The molecule has 1 heterocycles. The summed E-state index contributed by atoms with van der Waals surface area (Å²) >= 11 is 0. The van der Waals surface area contributed by atoms with Crippen molar-refractivity contribution in [3.05, 3.63) is 24.3 Å². The quantitative estimate of drug-likeness (QED) is 0.867. The highest BCUT2D eigenvalue weighted by Gasteiger charge is 2.28. The summed E-state index contributed by atoms with van der Waals surface area (Å²) in [6.45, 7) is 3.28. The van der Waals surface area contributed by atoms with Gasteiger partial charge in [0.15, 0.2) is 6.61 Å². The van der Waals surface area contributed by atoms with Crippen LogP contribution in [0.3, 0.4) is 0 Å². The number of ether oxygens (including phenoxy) is 2. The number of carboxylic acids is 1. The number of carbonyl (C=O) groups excluding carboxylic acids is 1. The summed E-state index contributed by atoms with van der Waals surface area (Å²) in [5, 5.41) is 9.03. The Labute approximate surface area is 129 Å². The van der Waals surface area contributed by atoms with Gasteiger partial charge in [0.05, 0.1) is 12.5 Å². The average Bonchev–Trinajstić information content (AvgIpc) is 2.54. The van der Waals surface area contributed by atoms with E-state index in [4.69, 9.17) is 14.6 Å². The number of rotatable bonds is 6. The van der Waals surface area contributed by atoms with Gasteiger partial charge < -0.3 is 19.5 Å². The summed E-state index contributed by atoms with van der Waals surface area (Å²) in [6, 6.07) is 7.05. The standard InChI is InChI=1S/C16H21NO5/c1-2-21-13-5-7-14(8-6-13)22-11-15(18)17-9-3-4-12(10-17)16(19)20/h5-8,12H,2-4,9-11H2,1H3,(H,19,20)/t12-/m1/s1. The van der Waals surface area contributed by atoms with Crippen LogP contribution in [-0.2, 0) is 9.59 Å². The van der Waals surface area contributed by atoms with E-state index in [2.05, 4.69) is 0 Å². The molecule has 1 fully saturated rings. The molecule has 1 aromatic rings. The van der Waals surface area contributed by atoms with E-state index in [1.807, 2.05) is 6.92 Å². The van der Waals surface area contributed by atoms with Gasteiger partial charge in [-0.1, -0.05) is 0 Å². The van der Waals surface area contributed by atoms with Crippen LogP contribution in [0, 0.1) is 5.92 Å².